The summed E-state index contributed by atoms with van der Waals surface area (Å²) in [6, 6.07) is 6.51. The lowest BCUT2D eigenvalue weighted by atomic mass is 10.0. The molecule has 1 unspecified atom stereocenters. The van der Waals surface area contributed by atoms with Crippen LogP contribution in [0.1, 0.15) is 19.8 Å². The number of likely N-dealkylation sites (tertiary alicyclic amines) is 1. The van der Waals surface area contributed by atoms with Gasteiger partial charge in [0, 0.05) is 38.8 Å². The molecule has 1 N–H and O–H groups in total. The Hall–Kier alpha value is -1.74. The Bertz CT molecular complexity index is 834. The predicted octanol–water partition coefficient (Wildman–Crippen LogP) is 2.35. The standard InChI is InChI=1S/C21H31N5O2S/c1-3-28-17-6-7-18-19(13-17)29-21(22-18)23-20(27)15-25-9-11-26(12-10-25)16-5-4-8-24(2)14-16/h6-7,13,16H,3-5,8-12,14-15H2,1-2H3,(H,22,23,27). The summed E-state index contributed by atoms with van der Waals surface area (Å²) in [4.78, 5) is 24.3. The monoisotopic (exact) mass is 417 g/mol. The van der Waals surface area contributed by atoms with E-state index in [1.807, 2.05) is 25.1 Å². The number of thiazole rings is 1. The summed E-state index contributed by atoms with van der Waals surface area (Å²) >= 11 is 1.49. The van der Waals surface area contributed by atoms with Crippen LogP contribution in [0.5, 0.6) is 5.75 Å². The first-order valence-corrected chi connectivity index (χ1v) is 11.4. The second-order valence-electron chi connectivity index (χ2n) is 8.00. The number of hydrogen-bond acceptors (Lipinski definition) is 7. The Labute approximate surface area is 176 Å². The maximum atomic E-state index is 12.5. The Balaban J connectivity index is 1.26. The molecular formula is C21H31N5O2S. The first-order valence-electron chi connectivity index (χ1n) is 10.6. The molecule has 1 atom stereocenters. The summed E-state index contributed by atoms with van der Waals surface area (Å²) in [5, 5.41) is 3.63. The normalized spacial score (nSPS) is 22.1. The SMILES string of the molecule is CCOc1ccc2nc(NC(=O)CN3CCN(C4CCCN(C)C4)CC3)sc2c1. The molecule has 1 amide bonds. The average molecular weight is 418 g/mol. The van der Waals surface area contributed by atoms with Crippen molar-refractivity contribution in [1.82, 2.24) is 19.7 Å². The molecule has 7 nitrogen and oxygen atoms in total. The number of carbonyl (C=O) groups excluding carboxylic acids is 1. The van der Waals surface area contributed by atoms with Gasteiger partial charge < -0.3 is 15.0 Å². The van der Waals surface area contributed by atoms with Gasteiger partial charge in [-0.3, -0.25) is 14.6 Å². The van der Waals surface area contributed by atoms with E-state index in [4.69, 9.17) is 4.74 Å². The van der Waals surface area contributed by atoms with Crippen LogP contribution in [0.25, 0.3) is 10.2 Å². The van der Waals surface area contributed by atoms with Crippen molar-refractivity contribution in [3.8, 4) is 5.75 Å². The number of aromatic nitrogens is 1. The van der Waals surface area contributed by atoms with Crippen molar-refractivity contribution < 1.29 is 9.53 Å². The fraction of sp³-hybridized carbons (Fsp3) is 0.619. The van der Waals surface area contributed by atoms with E-state index < -0.39 is 0 Å². The number of anilines is 1. The predicted molar refractivity (Wildman–Crippen MR) is 118 cm³/mol. The van der Waals surface area contributed by atoms with E-state index in [2.05, 4.69) is 32.0 Å². The fourth-order valence-corrected chi connectivity index (χ4v) is 5.21. The lowest BCUT2D eigenvalue weighted by molar-refractivity contribution is -0.117. The van der Waals surface area contributed by atoms with Gasteiger partial charge in [-0.05, 0) is 51.6 Å². The van der Waals surface area contributed by atoms with Crippen molar-refractivity contribution in [2.45, 2.75) is 25.8 Å². The Morgan fingerprint density at radius 1 is 1.28 bits per heavy atom. The summed E-state index contributed by atoms with van der Waals surface area (Å²) < 4.78 is 6.57. The number of nitrogens with one attached hydrogen (secondary N) is 1. The molecule has 3 heterocycles. The highest BCUT2D eigenvalue weighted by molar-refractivity contribution is 7.22. The third-order valence-electron chi connectivity index (χ3n) is 5.81. The molecule has 0 bridgehead atoms. The molecule has 1 aromatic carbocycles. The first kappa shape index (κ1) is 20.5. The fourth-order valence-electron chi connectivity index (χ4n) is 4.30. The molecular weight excluding hydrogens is 386 g/mol. The van der Waals surface area contributed by atoms with Crippen molar-refractivity contribution in [1.29, 1.82) is 0 Å². The van der Waals surface area contributed by atoms with E-state index in [1.54, 1.807) is 0 Å². The van der Waals surface area contributed by atoms with Crippen LogP contribution in [0.15, 0.2) is 18.2 Å². The molecule has 2 saturated heterocycles. The van der Waals surface area contributed by atoms with Gasteiger partial charge >= 0.3 is 0 Å². The van der Waals surface area contributed by atoms with E-state index >= 15 is 0 Å². The van der Waals surface area contributed by atoms with Crippen LogP contribution < -0.4 is 10.1 Å². The Morgan fingerprint density at radius 3 is 2.86 bits per heavy atom. The highest BCUT2D eigenvalue weighted by atomic mass is 32.1. The van der Waals surface area contributed by atoms with Gasteiger partial charge in [0.25, 0.3) is 0 Å². The molecule has 4 rings (SSSR count). The highest BCUT2D eigenvalue weighted by Crippen LogP contribution is 2.29. The van der Waals surface area contributed by atoms with Crippen molar-refractivity contribution in [2.75, 3.05) is 64.8 Å². The highest BCUT2D eigenvalue weighted by Gasteiger charge is 2.27. The van der Waals surface area contributed by atoms with Crippen molar-refractivity contribution >= 4 is 32.6 Å². The topological polar surface area (TPSA) is 60.9 Å². The third kappa shape index (κ3) is 5.25. The first-order chi connectivity index (χ1) is 14.1. The van der Waals surface area contributed by atoms with E-state index in [9.17, 15) is 4.79 Å². The van der Waals surface area contributed by atoms with Crippen LogP contribution in [0.3, 0.4) is 0 Å². The number of piperazine rings is 1. The van der Waals surface area contributed by atoms with Gasteiger partial charge in [0.15, 0.2) is 5.13 Å². The van der Waals surface area contributed by atoms with Crippen molar-refractivity contribution in [2.24, 2.45) is 0 Å². The zero-order chi connectivity index (χ0) is 20.2. The van der Waals surface area contributed by atoms with E-state index in [-0.39, 0.29) is 5.91 Å². The summed E-state index contributed by atoms with van der Waals surface area (Å²) in [5.41, 5.74) is 0.889. The molecule has 0 radical (unpaired) electrons. The molecule has 29 heavy (non-hydrogen) atoms. The largest absolute Gasteiger partial charge is 0.494 e. The van der Waals surface area contributed by atoms with E-state index in [0.29, 0.717) is 24.3 Å². The average Bonchev–Trinajstić information content (AvgIpc) is 3.10. The maximum absolute atomic E-state index is 12.5. The van der Waals surface area contributed by atoms with Crippen LogP contribution in [0.4, 0.5) is 5.13 Å². The molecule has 1 aromatic heterocycles. The smallest absolute Gasteiger partial charge is 0.240 e. The Kier molecular flexibility index (Phi) is 6.64. The molecule has 8 heteroatoms. The molecule has 0 saturated carbocycles. The summed E-state index contributed by atoms with van der Waals surface area (Å²) in [5.74, 6) is 0.850. The number of piperidine rings is 1. The van der Waals surface area contributed by atoms with Crippen LogP contribution in [-0.2, 0) is 4.79 Å². The number of amides is 1. The number of fused-ring (bicyclic) bond motifs is 1. The quantitative estimate of drug-likeness (QED) is 0.779. The maximum Gasteiger partial charge on any atom is 0.240 e. The molecule has 0 aliphatic carbocycles. The second-order valence-corrected chi connectivity index (χ2v) is 9.03. The minimum atomic E-state index is 0.0138. The minimum absolute atomic E-state index is 0.0138. The molecule has 0 spiro atoms. The summed E-state index contributed by atoms with van der Waals surface area (Å²) in [7, 11) is 2.21. The van der Waals surface area contributed by atoms with Crippen LogP contribution in [-0.4, -0.2) is 91.1 Å². The van der Waals surface area contributed by atoms with E-state index in [0.717, 1.165) is 42.1 Å². The van der Waals surface area contributed by atoms with Gasteiger partial charge in [-0.2, -0.15) is 0 Å². The van der Waals surface area contributed by atoms with Gasteiger partial charge in [-0.1, -0.05) is 11.3 Å². The van der Waals surface area contributed by atoms with Gasteiger partial charge in [-0.25, -0.2) is 4.98 Å². The zero-order valence-corrected chi connectivity index (χ0v) is 18.2. The van der Waals surface area contributed by atoms with E-state index in [1.165, 1.54) is 37.3 Å². The lowest BCUT2D eigenvalue weighted by Crippen LogP contribution is -2.55. The number of nitrogens with zero attached hydrogens (tertiary/aromatic N) is 4. The number of ether oxygens (including phenoxy) is 1. The second kappa shape index (κ2) is 9.38. The molecule has 2 aliphatic rings. The summed E-state index contributed by atoms with van der Waals surface area (Å²) in [6.07, 6.45) is 2.59. The number of rotatable bonds is 6. The minimum Gasteiger partial charge on any atom is -0.494 e. The van der Waals surface area contributed by atoms with Crippen molar-refractivity contribution in [3.05, 3.63) is 18.2 Å². The zero-order valence-electron chi connectivity index (χ0n) is 17.4. The van der Waals surface area contributed by atoms with Gasteiger partial charge in [0.1, 0.15) is 5.75 Å². The Morgan fingerprint density at radius 2 is 2.10 bits per heavy atom. The van der Waals surface area contributed by atoms with Gasteiger partial charge in [-0.15, -0.1) is 0 Å². The molecule has 158 valence electrons. The van der Waals surface area contributed by atoms with Crippen LogP contribution in [0, 0.1) is 0 Å². The van der Waals surface area contributed by atoms with Crippen LogP contribution in [0.2, 0.25) is 0 Å². The van der Waals surface area contributed by atoms with Crippen molar-refractivity contribution in [3.63, 3.8) is 0 Å². The van der Waals surface area contributed by atoms with Crippen LogP contribution >= 0.6 is 11.3 Å². The molecule has 2 aromatic rings. The van der Waals surface area contributed by atoms with Gasteiger partial charge in [0.2, 0.25) is 5.91 Å². The van der Waals surface area contributed by atoms with Gasteiger partial charge in [0.05, 0.1) is 23.4 Å². The number of benzene rings is 1. The molecule has 2 fully saturated rings. The number of carbonyl (C=O) groups is 1. The number of hydrogen-bond donors (Lipinski definition) is 1. The lowest BCUT2D eigenvalue weighted by Gasteiger charge is -2.42. The third-order valence-corrected chi connectivity index (χ3v) is 6.74. The number of likely N-dealkylation sites (N-methyl/N-ethyl adjacent to an activating group) is 1. The molecule has 2 aliphatic heterocycles. The summed E-state index contributed by atoms with van der Waals surface area (Å²) in [6.45, 7) is 9.42.